The Morgan fingerprint density at radius 3 is 2.27 bits per heavy atom. The van der Waals surface area contributed by atoms with E-state index < -0.39 is 0 Å². The van der Waals surface area contributed by atoms with Crippen molar-refractivity contribution in [3.63, 3.8) is 0 Å². The topological polar surface area (TPSA) is 42.0 Å². The van der Waals surface area contributed by atoms with Gasteiger partial charge in [0, 0.05) is 38.8 Å². The molecule has 0 unspecified atom stereocenters. The maximum atomic E-state index is 11.5. The molecule has 142 valence electrons. The molecule has 1 aromatic rings. The van der Waals surface area contributed by atoms with E-state index >= 15 is 0 Å². The molecule has 1 aromatic carbocycles. The van der Waals surface area contributed by atoms with Crippen LogP contribution in [-0.2, 0) is 14.1 Å². The summed E-state index contributed by atoms with van der Waals surface area (Å²) in [6.07, 6.45) is 1.99. The van der Waals surface area contributed by atoms with Crippen LogP contribution >= 0.6 is 0 Å². The molecule has 5 nitrogen and oxygen atoms in total. The fourth-order valence-corrected chi connectivity index (χ4v) is 3.65. The van der Waals surface area contributed by atoms with Crippen molar-refractivity contribution in [2.24, 2.45) is 0 Å². The minimum absolute atomic E-state index is 0.175. The quantitative estimate of drug-likeness (QED) is 0.779. The number of rotatable bonds is 3. The Morgan fingerprint density at radius 2 is 1.73 bits per heavy atom. The van der Waals surface area contributed by atoms with E-state index in [1.54, 1.807) is 6.92 Å². The average Bonchev–Trinajstić information content (AvgIpc) is 2.82. The highest BCUT2D eigenvalue weighted by Crippen LogP contribution is 2.36. The van der Waals surface area contributed by atoms with Crippen molar-refractivity contribution in [3.8, 4) is 0 Å². The van der Waals surface area contributed by atoms with Crippen LogP contribution in [0.15, 0.2) is 24.3 Å². The summed E-state index contributed by atoms with van der Waals surface area (Å²) in [5.41, 5.74) is 1.55. The molecule has 2 aliphatic heterocycles. The fraction of sp³-hybridized carbons (Fsp3) is 0.650. The molecule has 26 heavy (non-hydrogen) atoms. The van der Waals surface area contributed by atoms with E-state index in [4.69, 9.17) is 9.31 Å². The van der Waals surface area contributed by atoms with Crippen LogP contribution in [0.1, 0.15) is 47.5 Å². The van der Waals surface area contributed by atoms with Gasteiger partial charge in [-0.3, -0.25) is 4.79 Å². The number of benzene rings is 1. The molecular formula is C20H31BN2O3. The lowest BCUT2D eigenvalue weighted by molar-refractivity contribution is -0.129. The van der Waals surface area contributed by atoms with Gasteiger partial charge in [-0.2, -0.15) is 0 Å². The van der Waals surface area contributed by atoms with Gasteiger partial charge in [-0.15, -0.1) is 0 Å². The zero-order chi connectivity index (χ0) is 19.1. The number of amides is 1. The summed E-state index contributed by atoms with van der Waals surface area (Å²) in [5, 5.41) is 0. The first-order chi connectivity index (χ1) is 12.1. The van der Waals surface area contributed by atoms with Crippen molar-refractivity contribution in [1.29, 1.82) is 0 Å². The highest BCUT2D eigenvalue weighted by Gasteiger charge is 2.51. The van der Waals surface area contributed by atoms with Crippen molar-refractivity contribution in [3.05, 3.63) is 24.3 Å². The molecule has 0 atom stereocenters. The van der Waals surface area contributed by atoms with Gasteiger partial charge in [0.15, 0.2) is 0 Å². The van der Waals surface area contributed by atoms with Crippen molar-refractivity contribution < 1.29 is 14.1 Å². The molecule has 2 aliphatic rings. The van der Waals surface area contributed by atoms with Gasteiger partial charge in [0.1, 0.15) is 0 Å². The van der Waals surface area contributed by atoms with Gasteiger partial charge in [-0.05, 0) is 58.1 Å². The maximum absolute atomic E-state index is 11.5. The predicted octanol–water partition coefficient (Wildman–Crippen LogP) is 2.43. The third kappa shape index (κ3) is 3.62. The highest BCUT2D eigenvalue weighted by molar-refractivity contribution is 6.62. The minimum atomic E-state index is -0.340. The summed E-state index contributed by atoms with van der Waals surface area (Å²) in [5.74, 6) is 0.175. The number of anilines is 1. The van der Waals surface area contributed by atoms with Crippen molar-refractivity contribution in [2.75, 3.05) is 25.0 Å². The largest absolute Gasteiger partial charge is 0.494 e. The van der Waals surface area contributed by atoms with E-state index in [-0.39, 0.29) is 24.2 Å². The number of piperidine rings is 1. The van der Waals surface area contributed by atoms with Crippen molar-refractivity contribution in [2.45, 2.75) is 64.7 Å². The zero-order valence-corrected chi connectivity index (χ0v) is 16.9. The Hall–Kier alpha value is -1.53. The Morgan fingerprint density at radius 1 is 1.15 bits per heavy atom. The van der Waals surface area contributed by atoms with Gasteiger partial charge in [-0.25, -0.2) is 0 Å². The third-order valence-electron chi connectivity index (χ3n) is 6.26. The second-order valence-electron chi connectivity index (χ2n) is 8.53. The molecule has 2 fully saturated rings. The standard InChI is InChI=1S/C20H31BN2O3/c1-15(24)23-12-10-17(11-13-23)22(6)18-9-7-8-16(14-18)21-25-19(2,3)20(4,5)26-21/h7-9,14,17H,10-13H2,1-6H3. The summed E-state index contributed by atoms with van der Waals surface area (Å²) < 4.78 is 12.4. The van der Waals surface area contributed by atoms with Gasteiger partial charge < -0.3 is 19.1 Å². The fourth-order valence-electron chi connectivity index (χ4n) is 3.65. The van der Waals surface area contributed by atoms with Crippen LogP contribution in [0.4, 0.5) is 5.69 Å². The summed E-state index contributed by atoms with van der Waals surface area (Å²) >= 11 is 0. The molecular weight excluding hydrogens is 327 g/mol. The number of carbonyl (C=O) groups excluding carboxylic acids is 1. The van der Waals surface area contributed by atoms with Crippen molar-refractivity contribution >= 4 is 24.2 Å². The molecule has 0 aliphatic carbocycles. The monoisotopic (exact) mass is 358 g/mol. The Balaban J connectivity index is 1.71. The van der Waals surface area contributed by atoms with E-state index in [0.717, 1.165) is 31.4 Å². The molecule has 0 aromatic heterocycles. The van der Waals surface area contributed by atoms with Gasteiger partial charge in [0.05, 0.1) is 11.2 Å². The van der Waals surface area contributed by atoms with Gasteiger partial charge in [-0.1, -0.05) is 12.1 Å². The minimum Gasteiger partial charge on any atom is -0.399 e. The number of hydrogen-bond donors (Lipinski definition) is 0. The summed E-state index contributed by atoms with van der Waals surface area (Å²) in [7, 11) is 1.80. The van der Waals surface area contributed by atoms with E-state index in [1.807, 2.05) is 4.90 Å². The first kappa shape index (κ1) is 19.2. The Kier molecular flexibility index (Phi) is 5.10. The molecule has 6 heteroatoms. The first-order valence-corrected chi connectivity index (χ1v) is 9.55. The summed E-state index contributed by atoms with van der Waals surface area (Å²) in [6, 6.07) is 8.87. The Bertz CT molecular complexity index is 653. The lowest BCUT2D eigenvalue weighted by atomic mass is 9.79. The number of nitrogens with zero attached hydrogens (tertiary/aromatic N) is 2. The second-order valence-corrected chi connectivity index (χ2v) is 8.53. The van der Waals surface area contributed by atoms with Gasteiger partial charge in [0.2, 0.25) is 5.91 Å². The molecule has 0 bridgehead atoms. The maximum Gasteiger partial charge on any atom is 0.494 e. The van der Waals surface area contributed by atoms with Crippen molar-refractivity contribution in [1.82, 2.24) is 4.90 Å². The first-order valence-electron chi connectivity index (χ1n) is 9.55. The van der Waals surface area contributed by atoms with Gasteiger partial charge in [0.25, 0.3) is 0 Å². The van der Waals surface area contributed by atoms with Crippen LogP contribution in [0.3, 0.4) is 0 Å². The lowest BCUT2D eigenvalue weighted by Gasteiger charge is -2.37. The molecule has 3 rings (SSSR count). The normalized spacial score (nSPS) is 22.5. The number of likely N-dealkylation sites (tertiary alicyclic amines) is 1. The van der Waals surface area contributed by atoms with Crippen LogP contribution in [0.25, 0.3) is 0 Å². The summed E-state index contributed by atoms with van der Waals surface area (Å²) in [6.45, 7) is 11.6. The molecule has 2 heterocycles. The van der Waals surface area contributed by atoms with Crippen LogP contribution in [0.2, 0.25) is 0 Å². The van der Waals surface area contributed by atoms with Crippen LogP contribution in [0.5, 0.6) is 0 Å². The van der Waals surface area contributed by atoms with E-state index in [1.165, 1.54) is 5.69 Å². The molecule has 0 spiro atoms. The number of carbonyl (C=O) groups is 1. The number of hydrogen-bond acceptors (Lipinski definition) is 4. The zero-order valence-electron chi connectivity index (χ0n) is 16.9. The molecule has 1 amide bonds. The molecule has 0 N–H and O–H groups in total. The van der Waals surface area contributed by atoms with Crippen LogP contribution in [-0.4, -0.2) is 55.3 Å². The highest BCUT2D eigenvalue weighted by atomic mass is 16.7. The molecule has 2 saturated heterocycles. The smallest absolute Gasteiger partial charge is 0.399 e. The van der Waals surface area contributed by atoms with Gasteiger partial charge >= 0.3 is 7.12 Å². The van der Waals surface area contributed by atoms with E-state index in [9.17, 15) is 4.79 Å². The van der Waals surface area contributed by atoms with Crippen LogP contribution in [0, 0.1) is 0 Å². The Labute approximate surface area is 157 Å². The molecule has 0 saturated carbocycles. The lowest BCUT2D eigenvalue weighted by Crippen LogP contribution is -2.45. The molecule has 0 radical (unpaired) electrons. The predicted molar refractivity (Wildman–Crippen MR) is 106 cm³/mol. The van der Waals surface area contributed by atoms with E-state index in [0.29, 0.717) is 6.04 Å². The van der Waals surface area contributed by atoms with E-state index in [2.05, 4.69) is 63.9 Å². The summed E-state index contributed by atoms with van der Waals surface area (Å²) in [4.78, 5) is 15.8. The second kappa shape index (κ2) is 6.89. The van der Waals surface area contributed by atoms with Crippen LogP contribution < -0.4 is 10.4 Å². The SMILES string of the molecule is CC(=O)N1CCC(N(C)c2cccc(B3OC(C)(C)C(C)(C)O3)c2)CC1. The third-order valence-corrected chi connectivity index (χ3v) is 6.26. The average molecular weight is 358 g/mol.